The molecule has 5 nitrogen and oxygen atoms in total. The molecule has 3 aromatic rings. The maximum atomic E-state index is 13.7. The summed E-state index contributed by atoms with van der Waals surface area (Å²) >= 11 is 0. The van der Waals surface area contributed by atoms with Crippen LogP contribution in [0.3, 0.4) is 0 Å². The summed E-state index contributed by atoms with van der Waals surface area (Å²) in [5, 5.41) is 3.12. The van der Waals surface area contributed by atoms with E-state index in [4.69, 9.17) is 4.74 Å². The van der Waals surface area contributed by atoms with Gasteiger partial charge in [0.2, 0.25) is 11.8 Å². The Bertz CT molecular complexity index is 1090. The van der Waals surface area contributed by atoms with Crippen LogP contribution in [0.25, 0.3) is 0 Å². The van der Waals surface area contributed by atoms with Crippen molar-refractivity contribution >= 4 is 11.8 Å². The number of nitrogens with one attached hydrogen (secondary N) is 1. The molecule has 190 valence electrons. The van der Waals surface area contributed by atoms with Gasteiger partial charge in [0.25, 0.3) is 0 Å². The fraction of sp³-hybridized carbons (Fsp3) is 0.355. The Hall–Kier alpha value is -3.60. The lowest BCUT2D eigenvalue weighted by Gasteiger charge is -2.33. The molecule has 2 amide bonds. The number of hydrogen-bond donors (Lipinski definition) is 1. The van der Waals surface area contributed by atoms with Crippen molar-refractivity contribution in [2.45, 2.75) is 65.1 Å². The lowest BCUT2D eigenvalue weighted by molar-refractivity contribution is -0.141. The maximum Gasteiger partial charge on any atom is 0.243 e. The van der Waals surface area contributed by atoms with Gasteiger partial charge in [0.15, 0.2) is 0 Å². The molecule has 36 heavy (non-hydrogen) atoms. The van der Waals surface area contributed by atoms with Crippen LogP contribution in [0, 0.1) is 6.92 Å². The zero-order valence-corrected chi connectivity index (χ0v) is 21.7. The van der Waals surface area contributed by atoms with Gasteiger partial charge in [0.05, 0.1) is 6.61 Å². The zero-order chi connectivity index (χ0) is 25.8. The normalized spacial score (nSPS) is 12.4. The van der Waals surface area contributed by atoms with Crippen molar-refractivity contribution in [3.63, 3.8) is 0 Å². The molecule has 0 heterocycles. The van der Waals surface area contributed by atoms with Crippen LogP contribution in [0.4, 0.5) is 0 Å². The van der Waals surface area contributed by atoms with E-state index < -0.39 is 6.04 Å². The third-order valence-electron chi connectivity index (χ3n) is 6.42. The first kappa shape index (κ1) is 27.0. The summed E-state index contributed by atoms with van der Waals surface area (Å²) in [5.41, 5.74) is 3.17. The van der Waals surface area contributed by atoms with Gasteiger partial charge in [-0.25, -0.2) is 0 Å². The fourth-order valence-electron chi connectivity index (χ4n) is 4.04. The Morgan fingerprint density at radius 3 is 2.22 bits per heavy atom. The van der Waals surface area contributed by atoms with E-state index in [-0.39, 0.29) is 17.9 Å². The van der Waals surface area contributed by atoms with Crippen LogP contribution in [0.2, 0.25) is 0 Å². The highest BCUT2D eigenvalue weighted by atomic mass is 16.5. The topological polar surface area (TPSA) is 58.6 Å². The molecule has 2 atom stereocenters. The van der Waals surface area contributed by atoms with Crippen LogP contribution in [0.15, 0.2) is 84.9 Å². The van der Waals surface area contributed by atoms with Crippen LogP contribution in [0.5, 0.6) is 5.75 Å². The third kappa shape index (κ3) is 8.26. The highest BCUT2D eigenvalue weighted by Crippen LogP contribution is 2.19. The molecule has 0 spiro atoms. The first-order chi connectivity index (χ1) is 17.5. The number of nitrogens with zero attached hydrogens (tertiary/aromatic N) is 1. The molecule has 0 aromatic heterocycles. The fourth-order valence-corrected chi connectivity index (χ4v) is 4.04. The number of ether oxygens (including phenoxy) is 1. The van der Waals surface area contributed by atoms with E-state index >= 15 is 0 Å². The highest BCUT2D eigenvalue weighted by Gasteiger charge is 2.31. The standard InChI is InChI=1S/C31H38N2O3/c1-4-25(3)32-31(35)29(22-26-15-7-5-8-16-26)33(23-27-17-12-11-14-24(27)2)30(34)20-13-21-36-28-18-9-6-10-19-28/h5-12,14-19,25,29H,4,13,20-23H2,1-3H3,(H,32,35)/t25-,29-/m0/s1. The Kier molecular flexibility index (Phi) is 10.6. The van der Waals surface area contributed by atoms with Gasteiger partial charge in [-0.2, -0.15) is 0 Å². The summed E-state index contributed by atoms with van der Waals surface area (Å²) in [5.74, 6) is 0.627. The van der Waals surface area contributed by atoms with Crippen LogP contribution in [-0.4, -0.2) is 35.4 Å². The summed E-state index contributed by atoms with van der Waals surface area (Å²) in [7, 11) is 0. The van der Waals surface area contributed by atoms with Crippen LogP contribution < -0.4 is 10.1 Å². The molecule has 0 saturated heterocycles. The Morgan fingerprint density at radius 2 is 1.56 bits per heavy atom. The third-order valence-corrected chi connectivity index (χ3v) is 6.42. The summed E-state index contributed by atoms with van der Waals surface area (Å²) in [4.78, 5) is 28.9. The largest absolute Gasteiger partial charge is 0.494 e. The highest BCUT2D eigenvalue weighted by molar-refractivity contribution is 5.88. The molecular weight excluding hydrogens is 448 g/mol. The smallest absolute Gasteiger partial charge is 0.243 e. The van der Waals surface area contributed by atoms with Gasteiger partial charge >= 0.3 is 0 Å². The lowest BCUT2D eigenvalue weighted by atomic mass is 10.0. The number of carbonyl (C=O) groups excluding carboxylic acids is 2. The molecule has 3 rings (SSSR count). The number of aryl methyl sites for hydroxylation is 1. The Balaban J connectivity index is 1.81. The summed E-state index contributed by atoms with van der Waals surface area (Å²) in [6.07, 6.45) is 2.16. The second kappa shape index (κ2) is 14.1. The average Bonchev–Trinajstić information content (AvgIpc) is 2.90. The van der Waals surface area contributed by atoms with Crippen molar-refractivity contribution in [2.24, 2.45) is 0 Å². The predicted molar refractivity (Wildman–Crippen MR) is 145 cm³/mol. The van der Waals surface area contributed by atoms with Gasteiger partial charge in [-0.05, 0) is 55.5 Å². The molecule has 5 heteroatoms. The molecule has 0 fully saturated rings. The van der Waals surface area contributed by atoms with Crippen molar-refractivity contribution in [3.05, 3.63) is 102 Å². The lowest BCUT2D eigenvalue weighted by Crippen LogP contribution is -2.52. The minimum absolute atomic E-state index is 0.0328. The van der Waals surface area contributed by atoms with Gasteiger partial charge in [-0.3, -0.25) is 9.59 Å². The molecule has 0 saturated carbocycles. The molecule has 0 unspecified atom stereocenters. The van der Waals surface area contributed by atoms with E-state index in [1.165, 1.54) is 0 Å². The number of rotatable bonds is 13. The van der Waals surface area contributed by atoms with E-state index in [1.54, 1.807) is 4.90 Å². The van der Waals surface area contributed by atoms with Crippen LogP contribution >= 0.6 is 0 Å². The van der Waals surface area contributed by atoms with E-state index in [2.05, 4.69) is 5.32 Å². The van der Waals surface area contributed by atoms with Crippen molar-refractivity contribution < 1.29 is 14.3 Å². The van der Waals surface area contributed by atoms with Crippen molar-refractivity contribution in [2.75, 3.05) is 6.61 Å². The quantitative estimate of drug-likeness (QED) is 0.315. The van der Waals surface area contributed by atoms with Gasteiger partial charge in [0.1, 0.15) is 11.8 Å². The van der Waals surface area contributed by atoms with E-state index in [0.717, 1.165) is 28.9 Å². The van der Waals surface area contributed by atoms with Crippen molar-refractivity contribution in [3.8, 4) is 5.75 Å². The minimum atomic E-state index is -0.608. The molecule has 1 N–H and O–H groups in total. The number of hydrogen-bond acceptors (Lipinski definition) is 3. The number of amides is 2. The van der Waals surface area contributed by atoms with E-state index in [0.29, 0.717) is 32.4 Å². The second-order valence-corrected chi connectivity index (χ2v) is 9.24. The SMILES string of the molecule is CC[C@H](C)NC(=O)[C@H](Cc1ccccc1)N(Cc1ccccc1C)C(=O)CCCOc1ccccc1. The summed E-state index contributed by atoms with van der Waals surface area (Å²) < 4.78 is 5.79. The first-order valence-corrected chi connectivity index (χ1v) is 12.8. The Labute approximate surface area is 215 Å². The van der Waals surface area contributed by atoms with Gasteiger partial charge in [-0.15, -0.1) is 0 Å². The monoisotopic (exact) mass is 486 g/mol. The molecule has 0 radical (unpaired) electrons. The minimum Gasteiger partial charge on any atom is -0.494 e. The first-order valence-electron chi connectivity index (χ1n) is 12.8. The maximum absolute atomic E-state index is 13.7. The molecule has 0 aliphatic carbocycles. The zero-order valence-electron chi connectivity index (χ0n) is 21.7. The van der Waals surface area contributed by atoms with Gasteiger partial charge < -0.3 is 15.0 Å². The average molecular weight is 487 g/mol. The molecular formula is C31H38N2O3. The number of para-hydroxylation sites is 1. The molecule has 0 bridgehead atoms. The summed E-state index contributed by atoms with van der Waals surface area (Å²) in [6.45, 7) is 6.90. The number of benzene rings is 3. The van der Waals surface area contributed by atoms with Crippen molar-refractivity contribution in [1.82, 2.24) is 10.2 Å². The van der Waals surface area contributed by atoms with Crippen molar-refractivity contribution in [1.29, 1.82) is 0 Å². The van der Waals surface area contributed by atoms with E-state index in [9.17, 15) is 9.59 Å². The van der Waals surface area contributed by atoms with Gasteiger partial charge in [0, 0.05) is 25.4 Å². The van der Waals surface area contributed by atoms with Crippen LogP contribution in [-0.2, 0) is 22.6 Å². The number of carbonyl (C=O) groups is 2. The van der Waals surface area contributed by atoms with Gasteiger partial charge in [-0.1, -0.05) is 79.7 Å². The molecule has 0 aliphatic heterocycles. The predicted octanol–water partition coefficient (Wildman–Crippen LogP) is 5.71. The molecule has 0 aliphatic rings. The summed E-state index contributed by atoms with van der Waals surface area (Å²) in [6, 6.07) is 27.0. The van der Waals surface area contributed by atoms with E-state index in [1.807, 2.05) is 106 Å². The Morgan fingerprint density at radius 1 is 0.917 bits per heavy atom. The second-order valence-electron chi connectivity index (χ2n) is 9.24. The molecule has 3 aromatic carbocycles. The van der Waals surface area contributed by atoms with Crippen LogP contribution in [0.1, 0.15) is 49.8 Å².